The van der Waals surface area contributed by atoms with Crippen LogP contribution in [-0.4, -0.2) is 46.8 Å². The molecular formula is C14H22N2O3. The number of aliphatic hydroxyl groups excluding tert-OH is 1. The molecule has 1 aromatic carbocycles. The van der Waals surface area contributed by atoms with Gasteiger partial charge in [0, 0.05) is 13.6 Å². The van der Waals surface area contributed by atoms with Crippen molar-refractivity contribution in [2.45, 2.75) is 31.9 Å². The molecule has 2 atom stereocenters. The Labute approximate surface area is 113 Å². The predicted octanol–water partition coefficient (Wildman–Crippen LogP) is 0.491. The summed E-state index contributed by atoms with van der Waals surface area (Å²) < 4.78 is 0. The summed E-state index contributed by atoms with van der Waals surface area (Å²) in [5.74, 6) is 0.0476. The van der Waals surface area contributed by atoms with Gasteiger partial charge in [0.2, 0.25) is 5.91 Å². The minimum atomic E-state index is -0.608. The standard InChI is InChI=1S/C14H22N2O3/c1-10(17)7-8-16(2)14(19)13(15)9-11-3-5-12(18)6-4-11/h3-6,10,13,17-18H,7-9,15H2,1-2H3/t10?,13-/m0/s1. The Balaban J connectivity index is 2.50. The summed E-state index contributed by atoms with van der Waals surface area (Å²) in [6.45, 7) is 2.18. The van der Waals surface area contributed by atoms with Crippen LogP contribution < -0.4 is 5.73 Å². The zero-order valence-corrected chi connectivity index (χ0v) is 11.4. The van der Waals surface area contributed by atoms with Crippen LogP contribution in [0.25, 0.3) is 0 Å². The van der Waals surface area contributed by atoms with E-state index in [0.29, 0.717) is 19.4 Å². The Bertz CT molecular complexity index is 404. The van der Waals surface area contributed by atoms with E-state index >= 15 is 0 Å². The molecule has 0 heterocycles. The number of aliphatic hydroxyl groups is 1. The van der Waals surface area contributed by atoms with E-state index in [2.05, 4.69) is 0 Å². The van der Waals surface area contributed by atoms with E-state index < -0.39 is 12.1 Å². The van der Waals surface area contributed by atoms with Gasteiger partial charge in [-0.05, 0) is 37.5 Å². The maximum atomic E-state index is 12.0. The third kappa shape index (κ3) is 5.28. The van der Waals surface area contributed by atoms with Gasteiger partial charge in [-0.2, -0.15) is 0 Å². The molecule has 4 N–H and O–H groups in total. The smallest absolute Gasteiger partial charge is 0.239 e. The van der Waals surface area contributed by atoms with Crippen LogP contribution in [0.5, 0.6) is 5.75 Å². The molecular weight excluding hydrogens is 244 g/mol. The quantitative estimate of drug-likeness (QED) is 0.699. The van der Waals surface area contributed by atoms with Crippen molar-refractivity contribution in [1.82, 2.24) is 4.90 Å². The Hall–Kier alpha value is -1.59. The highest BCUT2D eigenvalue weighted by molar-refractivity contribution is 5.81. The fourth-order valence-corrected chi connectivity index (χ4v) is 1.75. The Kier molecular flexibility index (Phi) is 5.79. The Morgan fingerprint density at radius 3 is 2.47 bits per heavy atom. The molecule has 0 saturated carbocycles. The van der Waals surface area contributed by atoms with Crippen LogP contribution in [0.4, 0.5) is 0 Å². The molecule has 0 saturated heterocycles. The number of benzene rings is 1. The van der Waals surface area contributed by atoms with Crippen LogP contribution in [0.3, 0.4) is 0 Å². The van der Waals surface area contributed by atoms with E-state index in [9.17, 15) is 15.0 Å². The Morgan fingerprint density at radius 1 is 1.37 bits per heavy atom. The average molecular weight is 266 g/mol. The number of likely N-dealkylation sites (N-methyl/N-ethyl adjacent to an activating group) is 1. The zero-order chi connectivity index (χ0) is 14.4. The summed E-state index contributed by atoms with van der Waals surface area (Å²) in [6.07, 6.45) is 0.537. The lowest BCUT2D eigenvalue weighted by Gasteiger charge is -2.22. The van der Waals surface area contributed by atoms with Gasteiger partial charge in [-0.15, -0.1) is 0 Å². The first kappa shape index (κ1) is 15.5. The van der Waals surface area contributed by atoms with E-state index in [-0.39, 0.29) is 11.7 Å². The van der Waals surface area contributed by atoms with E-state index in [1.54, 1.807) is 38.2 Å². The number of nitrogens with zero attached hydrogens (tertiary/aromatic N) is 1. The van der Waals surface area contributed by atoms with E-state index in [1.807, 2.05) is 0 Å². The van der Waals surface area contributed by atoms with Crippen LogP contribution in [-0.2, 0) is 11.2 Å². The minimum absolute atomic E-state index is 0.145. The molecule has 5 nitrogen and oxygen atoms in total. The third-order valence-electron chi connectivity index (χ3n) is 2.97. The van der Waals surface area contributed by atoms with Crippen LogP contribution in [0.15, 0.2) is 24.3 Å². The normalized spacial score (nSPS) is 13.9. The number of carbonyl (C=O) groups excluding carboxylic acids is 1. The number of rotatable bonds is 6. The van der Waals surface area contributed by atoms with Gasteiger partial charge in [-0.3, -0.25) is 4.79 Å². The van der Waals surface area contributed by atoms with Gasteiger partial charge in [0.1, 0.15) is 5.75 Å². The zero-order valence-electron chi connectivity index (χ0n) is 11.4. The van der Waals surface area contributed by atoms with E-state index in [1.165, 1.54) is 4.90 Å². The van der Waals surface area contributed by atoms with Crippen molar-refractivity contribution < 1.29 is 15.0 Å². The fraction of sp³-hybridized carbons (Fsp3) is 0.500. The lowest BCUT2D eigenvalue weighted by atomic mass is 10.1. The molecule has 0 radical (unpaired) electrons. The molecule has 1 amide bonds. The second-order valence-corrected chi connectivity index (χ2v) is 4.87. The number of hydrogen-bond donors (Lipinski definition) is 3. The molecule has 1 rings (SSSR count). The fourth-order valence-electron chi connectivity index (χ4n) is 1.75. The van der Waals surface area contributed by atoms with Crippen LogP contribution in [0.2, 0.25) is 0 Å². The summed E-state index contributed by atoms with van der Waals surface area (Å²) in [6, 6.07) is 6.03. The van der Waals surface area contributed by atoms with Gasteiger partial charge in [0.15, 0.2) is 0 Å². The summed E-state index contributed by atoms with van der Waals surface area (Å²) in [4.78, 5) is 13.5. The highest BCUT2D eigenvalue weighted by atomic mass is 16.3. The van der Waals surface area contributed by atoms with E-state index in [4.69, 9.17) is 5.73 Å². The molecule has 1 unspecified atom stereocenters. The lowest BCUT2D eigenvalue weighted by molar-refractivity contribution is -0.131. The van der Waals surface area contributed by atoms with Gasteiger partial charge in [-0.25, -0.2) is 0 Å². The van der Waals surface area contributed by atoms with Crippen molar-refractivity contribution in [2.24, 2.45) is 5.73 Å². The van der Waals surface area contributed by atoms with Gasteiger partial charge in [0.05, 0.1) is 12.1 Å². The maximum Gasteiger partial charge on any atom is 0.239 e. The third-order valence-corrected chi connectivity index (χ3v) is 2.97. The molecule has 0 bridgehead atoms. The monoisotopic (exact) mass is 266 g/mol. The van der Waals surface area contributed by atoms with Crippen molar-refractivity contribution in [2.75, 3.05) is 13.6 Å². The number of nitrogens with two attached hydrogens (primary N) is 1. The molecule has 19 heavy (non-hydrogen) atoms. The maximum absolute atomic E-state index is 12.0. The predicted molar refractivity (Wildman–Crippen MR) is 73.7 cm³/mol. The largest absolute Gasteiger partial charge is 0.508 e. The molecule has 106 valence electrons. The van der Waals surface area contributed by atoms with Crippen LogP contribution in [0, 0.1) is 0 Å². The number of aromatic hydroxyl groups is 1. The second kappa shape index (κ2) is 7.11. The molecule has 0 fully saturated rings. The highest BCUT2D eigenvalue weighted by Crippen LogP contribution is 2.11. The van der Waals surface area contributed by atoms with Crippen LogP contribution in [0.1, 0.15) is 18.9 Å². The van der Waals surface area contributed by atoms with Crippen molar-refractivity contribution in [3.05, 3.63) is 29.8 Å². The molecule has 0 aromatic heterocycles. The SMILES string of the molecule is CC(O)CCN(C)C(=O)[C@@H](N)Cc1ccc(O)cc1. The number of carbonyl (C=O) groups is 1. The molecule has 0 aliphatic rings. The number of hydrogen-bond acceptors (Lipinski definition) is 4. The number of amides is 1. The summed E-state index contributed by atoms with van der Waals surface area (Å²) in [7, 11) is 1.68. The number of phenols is 1. The second-order valence-electron chi connectivity index (χ2n) is 4.87. The van der Waals surface area contributed by atoms with E-state index in [0.717, 1.165) is 5.56 Å². The van der Waals surface area contributed by atoms with Gasteiger partial charge < -0.3 is 20.8 Å². The molecule has 5 heteroatoms. The lowest BCUT2D eigenvalue weighted by Crippen LogP contribution is -2.43. The van der Waals surface area contributed by atoms with Crippen molar-refractivity contribution in [3.63, 3.8) is 0 Å². The first-order valence-electron chi connectivity index (χ1n) is 6.36. The molecule has 0 aliphatic heterocycles. The first-order valence-corrected chi connectivity index (χ1v) is 6.36. The number of phenolic OH excluding ortho intramolecular Hbond substituents is 1. The molecule has 1 aromatic rings. The summed E-state index contributed by atoms with van der Waals surface area (Å²) in [5.41, 5.74) is 6.78. The first-order chi connectivity index (χ1) is 8.90. The van der Waals surface area contributed by atoms with Crippen molar-refractivity contribution in [1.29, 1.82) is 0 Å². The average Bonchev–Trinajstić information content (AvgIpc) is 2.37. The Morgan fingerprint density at radius 2 is 1.95 bits per heavy atom. The molecule has 0 aliphatic carbocycles. The van der Waals surface area contributed by atoms with Crippen molar-refractivity contribution in [3.8, 4) is 5.75 Å². The van der Waals surface area contributed by atoms with Gasteiger partial charge in [0.25, 0.3) is 0 Å². The van der Waals surface area contributed by atoms with Gasteiger partial charge >= 0.3 is 0 Å². The molecule has 0 spiro atoms. The summed E-state index contributed by atoms with van der Waals surface area (Å²) >= 11 is 0. The highest BCUT2D eigenvalue weighted by Gasteiger charge is 2.18. The topological polar surface area (TPSA) is 86.8 Å². The van der Waals surface area contributed by atoms with Crippen LogP contribution >= 0.6 is 0 Å². The minimum Gasteiger partial charge on any atom is -0.508 e. The van der Waals surface area contributed by atoms with Gasteiger partial charge in [-0.1, -0.05) is 12.1 Å². The summed E-state index contributed by atoms with van der Waals surface area (Å²) in [5, 5.41) is 18.4. The van der Waals surface area contributed by atoms with Crippen molar-refractivity contribution >= 4 is 5.91 Å².